The summed E-state index contributed by atoms with van der Waals surface area (Å²) in [7, 11) is -3.37. The van der Waals surface area contributed by atoms with E-state index in [1.165, 1.54) is 24.2 Å². The lowest BCUT2D eigenvalue weighted by Gasteiger charge is -2.05. The van der Waals surface area contributed by atoms with Crippen molar-refractivity contribution in [2.24, 2.45) is 5.92 Å². The highest BCUT2D eigenvalue weighted by Gasteiger charge is 2.21. The Hall–Kier alpha value is 0.0500. The van der Waals surface area contributed by atoms with Crippen LogP contribution in [0.25, 0.3) is 0 Å². The van der Waals surface area contributed by atoms with Gasteiger partial charge in [-0.2, -0.15) is 0 Å². The second kappa shape index (κ2) is 6.67. The molecular formula is C12H18BrNO3S2. The molecule has 7 heteroatoms. The van der Waals surface area contributed by atoms with Crippen LogP contribution >= 0.6 is 27.3 Å². The second-order valence-electron chi connectivity index (χ2n) is 4.79. The number of hydrogen-bond donors (Lipinski definition) is 1. The topological polar surface area (TPSA) is 55.4 Å². The molecule has 0 saturated heterocycles. The SMILES string of the molecule is Cc1cc(S(=O)(=O)NCCCOCC2CC2)sc1Br. The molecule has 0 aliphatic heterocycles. The second-order valence-corrected chi connectivity index (χ2v) is 9.16. The van der Waals surface area contributed by atoms with Crippen molar-refractivity contribution in [1.82, 2.24) is 4.72 Å². The van der Waals surface area contributed by atoms with Crippen LogP contribution in [-0.2, 0) is 14.8 Å². The number of sulfonamides is 1. The fourth-order valence-electron chi connectivity index (χ4n) is 1.55. The maximum atomic E-state index is 12.0. The molecule has 2 rings (SSSR count). The molecule has 0 spiro atoms. The highest BCUT2D eigenvalue weighted by Crippen LogP contribution is 2.30. The average Bonchev–Trinajstić information content (AvgIpc) is 3.10. The van der Waals surface area contributed by atoms with Crippen molar-refractivity contribution in [2.75, 3.05) is 19.8 Å². The summed E-state index contributed by atoms with van der Waals surface area (Å²) in [5, 5.41) is 0. The molecule has 0 bridgehead atoms. The van der Waals surface area contributed by atoms with E-state index < -0.39 is 10.0 Å². The smallest absolute Gasteiger partial charge is 0.250 e. The van der Waals surface area contributed by atoms with Gasteiger partial charge in [-0.25, -0.2) is 13.1 Å². The summed E-state index contributed by atoms with van der Waals surface area (Å²) in [5.74, 6) is 0.753. The van der Waals surface area contributed by atoms with Crippen LogP contribution in [0.3, 0.4) is 0 Å². The van der Waals surface area contributed by atoms with Crippen LogP contribution in [-0.4, -0.2) is 28.2 Å². The first kappa shape index (κ1) is 15.4. The Labute approximate surface area is 126 Å². The van der Waals surface area contributed by atoms with Crippen molar-refractivity contribution in [1.29, 1.82) is 0 Å². The number of halogens is 1. The Kier molecular flexibility index (Phi) is 5.42. The number of ether oxygens (including phenoxy) is 1. The van der Waals surface area contributed by atoms with Gasteiger partial charge in [0, 0.05) is 19.8 Å². The molecule has 0 amide bonds. The lowest BCUT2D eigenvalue weighted by molar-refractivity contribution is 0.123. The maximum absolute atomic E-state index is 12.0. The fraction of sp³-hybridized carbons (Fsp3) is 0.667. The van der Waals surface area contributed by atoms with Crippen LogP contribution in [0, 0.1) is 12.8 Å². The largest absolute Gasteiger partial charge is 0.381 e. The summed E-state index contributed by atoms with van der Waals surface area (Å²) in [5.41, 5.74) is 0.943. The third kappa shape index (κ3) is 4.82. The first-order valence-corrected chi connectivity index (χ1v) is 9.41. The van der Waals surface area contributed by atoms with E-state index in [0.29, 0.717) is 23.8 Å². The highest BCUT2D eigenvalue weighted by atomic mass is 79.9. The van der Waals surface area contributed by atoms with Gasteiger partial charge in [-0.15, -0.1) is 11.3 Å². The van der Waals surface area contributed by atoms with Gasteiger partial charge in [0.25, 0.3) is 0 Å². The molecule has 1 aromatic heterocycles. The van der Waals surface area contributed by atoms with Gasteiger partial charge in [0.1, 0.15) is 4.21 Å². The van der Waals surface area contributed by atoms with E-state index in [4.69, 9.17) is 4.74 Å². The lowest BCUT2D eigenvalue weighted by Crippen LogP contribution is -2.25. The van der Waals surface area contributed by atoms with Crippen molar-refractivity contribution in [3.63, 3.8) is 0 Å². The minimum Gasteiger partial charge on any atom is -0.381 e. The molecule has 1 saturated carbocycles. The summed E-state index contributed by atoms with van der Waals surface area (Å²) in [6.07, 6.45) is 3.26. The van der Waals surface area contributed by atoms with Crippen LogP contribution in [0.2, 0.25) is 0 Å². The molecule has 108 valence electrons. The van der Waals surface area contributed by atoms with E-state index in [9.17, 15) is 8.42 Å². The predicted octanol–water partition coefficient (Wildman–Crippen LogP) is 2.91. The maximum Gasteiger partial charge on any atom is 0.250 e. The summed E-state index contributed by atoms with van der Waals surface area (Å²) in [4.78, 5) is 0. The molecule has 19 heavy (non-hydrogen) atoms. The minimum absolute atomic E-state index is 0.357. The molecule has 1 aliphatic carbocycles. The van der Waals surface area contributed by atoms with E-state index in [0.717, 1.165) is 21.9 Å². The molecule has 0 unspecified atom stereocenters. The summed E-state index contributed by atoms with van der Waals surface area (Å²) >= 11 is 4.57. The Bertz CT molecular complexity index is 504. The summed E-state index contributed by atoms with van der Waals surface area (Å²) in [6, 6.07) is 1.68. The number of rotatable bonds is 8. The van der Waals surface area contributed by atoms with Gasteiger partial charge in [-0.3, -0.25) is 0 Å². The van der Waals surface area contributed by atoms with E-state index in [2.05, 4.69) is 20.7 Å². The van der Waals surface area contributed by atoms with E-state index in [-0.39, 0.29) is 0 Å². The van der Waals surface area contributed by atoms with Crippen LogP contribution < -0.4 is 4.72 Å². The van der Waals surface area contributed by atoms with Gasteiger partial charge in [0.05, 0.1) is 3.79 Å². The summed E-state index contributed by atoms with van der Waals surface area (Å²) in [6.45, 7) is 3.74. The van der Waals surface area contributed by atoms with Gasteiger partial charge in [-0.1, -0.05) is 0 Å². The van der Waals surface area contributed by atoms with Crippen LogP contribution in [0.1, 0.15) is 24.8 Å². The Balaban J connectivity index is 1.71. The monoisotopic (exact) mass is 367 g/mol. The Morgan fingerprint density at radius 2 is 2.26 bits per heavy atom. The van der Waals surface area contributed by atoms with E-state index >= 15 is 0 Å². The molecule has 0 aromatic carbocycles. The van der Waals surface area contributed by atoms with Crippen LogP contribution in [0.4, 0.5) is 0 Å². The van der Waals surface area contributed by atoms with Crippen molar-refractivity contribution >= 4 is 37.3 Å². The third-order valence-corrected chi connectivity index (χ3v) is 6.98. The number of thiophene rings is 1. The molecule has 1 N–H and O–H groups in total. The quantitative estimate of drug-likeness (QED) is 0.718. The molecule has 0 radical (unpaired) electrons. The molecule has 1 heterocycles. The fourth-order valence-corrected chi connectivity index (χ4v) is 4.89. The first-order chi connectivity index (χ1) is 8.99. The van der Waals surface area contributed by atoms with Crippen molar-refractivity contribution in [3.8, 4) is 0 Å². The van der Waals surface area contributed by atoms with Crippen molar-refractivity contribution in [3.05, 3.63) is 15.4 Å². The molecule has 1 aromatic rings. The van der Waals surface area contributed by atoms with Gasteiger partial charge >= 0.3 is 0 Å². The zero-order chi connectivity index (χ0) is 13.9. The van der Waals surface area contributed by atoms with Crippen LogP contribution in [0.15, 0.2) is 14.1 Å². The minimum atomic E-state index is -3.37. The predicted molar refractivity (Wildman–Crippen MR) is 80.1 cm³/mol. The standard InChI is InChI=1S/C12H18BrNO3S2/c1-9-7-11(18-12(9)13)19(15,16)14-5-2-6-17-8-10-3-4-10/h7,10,14H,2-6,8H2,1H3. The zero-order valence-corrected chi connectivity index (χ0v) is 14.0. The zero-order valence-electron chi connectivity index (χ0n) is 10.8. The van der Waals surface area contributed by atoms with Crippen molar-refractivity contribution < 1.29 is 13.2 Å². The number of nitrogens with one attached hydrogen (secondary N) is 1. The van der Waals surface area contributed by atoms with Crippen molar-refractivity contribution in [2.45, 2.75) is 30.4 Å². The average molecular weight is 368 g/mol. The van der Waals surface area contributed by atoms with E-state index in [1.54, 1.807) is 6.07 Å². The molecular weight excluding hydrogens is 350 g/mol. The summed E-state index contributed by atoms with van der Waals surface area (Å²) < 4.78 is 33.3. The normalized spacial score (nSPS) is 15.9. The van der Waals surface area contributed by atoms with Gasteiger partial charge in [0.15, 0.2) is 0 Å². The molecule has 4 nitrogen and oxygen atoms in total. The number of aryl methyl sites for hydroxylation is 1. The third-order valence-electron chi connectivity index (χ3n) is 2.91. The van der Waals surface area contributed by atoms with Gasteiger partial charge < -0.3 is 4.74 Å². The number of hydrogen-bond acceptors (Lipinski definition) is 4. The molecule has 1 aliphatic rings. The lowest BCUT2D eigenvalue weighted by atomic mass is 10.4. The van der Waals surface area contributed by atoms with E-state index in [1.807, 2.05) is 6.92 Å². The van der Waals surface area contributed by atoms with Gasteiger partial charge in [-0.05, 0) is 59.7 Å². The van der Waals surface area contributed by atoms with Crippen LogP contribution in [0.5, 0.6) is 0 Å². The first-order valence-electron chi connectivity index (χ1n) is 6.32. The van der Waals surface area contributed by atoms with Gasteiger partial charge in [0.2, 0.25) is 10.0 Å². The Morgan fingerprint density at radius 3 is 2.84 bits per heavy atom. The molecule has 1 fully saturated rings. The Morgan fingerprint density at radius 1 is 1.53 bits per heavy atom. The molecule has 0 atom stereocenters. The highest BCUT2D eigenvalue weighted by molar-refractivity contribution is 9.11.